The highest BCUT2D eigenvalue weighted by atomic mass is 15.1. The van der Waals surface area contributed by atoms with Gasteiger partial charge in [-0.25, -0.2) is 0 Å². The van der Waals surface area contributed by atoms with E-state index in [1.54, 1.807) is 0 Å². The van der Waals surface area contributed by atoms with Crippen LogP contribution in [0.3, 0.4) is 0 Å². The molecule has 0 aliphatic carbocycles. The molecule has 11 aromatic rings. The van der Waals surface area contributed by atoms with Crippen molar-refractivity contribution >= 4 is 49.4 Å². The zero-order chi connectivity index (χ0) is 40.5. The molecule has 0 N–H and O–H groups in total. The average molecular weight is 776 g/mol. The molecule has 0 heterocycles. The molecule has 0 bridgehead atoms. The summed E-state index contributed by atoms with van der Waals surface area (Å²) in [6, 6.07) is 90.5. The predicted molar refractivity (Wildman–Crippen MR) is 261 cm³/mol. The summed E-state index contributed by atoms with van der Waals surface area (Å²) in [6.45, 7) is 0. The van der Waals surface area contributed by atoms with Crippen molar-refractivity contribution in [2.45, 2.75) is 0 Å². The third-order valence-corrected chi connectivity index (χ3v) is 12.1. The Kier molecular flexibility index (Phi) is 9.26. The number of hydrogen-bond acceptors (Lipinski definition) is 1. The number of nitrogens with zero attached hydrogens (tertiary/aromatic N) is 1. The molecule has 0 aliphatic heterocycles. The molecular weight excluding hydrogens is 735 g/mol. The fourth-order valence-electron chi connectivity index (χ4n) is 8.88. The van der Waals surface area contributed by atoms with Crippen LogP contribution in [0.25, 0.3) is 88.0 Å². The minimum atomic E-state index is 1.09. The monoisotopic (exact) mass is 775 g/mol. The zero-order valence-electron chi connectivity index (χ0n) is 33.6. The van der Waals surface area contributed by atoms with Crippen LogP contribution in [0.1, 0.15) is 0 Å². The van der Waals surface area contributed by atoms with Crippen molar-refractivity contribution in [1.82, 2.24) is 0 Å². The van der Waals surface area contributed by atoms with Gasteiger partial charge in [-0.3, -0.25) is 0 Å². The van der Waals surface area contributed by atoms with Crippen LogP contribution in [0.2, 0.25) is 0 Å². The molecular formula is C60H41N. The van der Waals surface area contributed by atoms with Crippen LogP contribution in [0.4, 0.5) is 17.1 Å². The molecule has 0 spiro atoms. The van der Waals surface area contributed by atoms with E-state index in [2.05, 4.69) is 254 Å². The molecule has 286 valence electrons. The van der Waals surface area contributed by atoms with Crippen LogP contribution in [0.15, 0.2) is 249 Å². The van der Waals surface area contributed by atoms with Gasteiger partial charge in [0.25, 0.3) is 0 Å². The van der Waals surface area contributed by atoms with E-state index in [0.29, 0.717) is 0 Å². The summed E-state index contributed by atoms with van der Waals surface area (Å²) in [4.78, 5) is 2.37. The normalized spacial score (nSPS) is 11.3. The molecule has 0 saturated carbocycles. The molecule has 0 radical (unpaired) electrons. The Labute approximate surface area is 357 Å². The molecule has 0 aliphatic rings. The fourth-order valence-corrected chi connectivity index (χ4v) is 8.88. The van der Waals surface area contributed by atoms with Crippen molar-refractivity contribution in [2.75, 3.05) is 4.90 Å². The SMILES string of the molecule is c1ccc(-c2ccc(-c3ccc4ccccc4c3)cc2-c2ccc(N(c3ccc(-c4ccc5ccccc5c4)cc3)c3ccc(-c4cccc5ccccc45)cc3)cc2)cc1. The highest BCUT2D eigenvalue weighted by Crippen LogP contribution is 2.41. The first-order valence-corrected chi connectivity index (χ1v) is 21.0. The average Bonchev–Trinajstić information content (AvgIpc) is 3.34. The van der Waals surface area contributed by atoms with Gasteiger partial charge in [-0.2, -0.15) is 0 Å². The van der Waals surface area contributed by atoms with Crippen LogP contribution < -0.4 is 4.90 Å². The first-order chi connectivity index (χ1) is 30.2. The summed E-state index contributed by atoms with van der Waals surface area (Å²) in [7, 11) is 0. The lowest BCUT2D eigenvalue weighted by Crippen LogP contribution is -2.09. The number of rotatable bonds is 8. The Hall–Kier alpha value is -8.00. The number of hydrogen-bond donors (Lipinski definition) is 0. The highest BCUT2D eigenvalue weighted by Gasteiger charge is 2.16. The van der Waals surface area contributed by atoms with E-state index in [9.17, 15) is 0 Å². The predicted octanol–water partition coefficient (Wildman–Crippen LogP) is 17.0. The molecule has 1 heteroatoms. The Bertz CT molecular complexity index is 3320. The lowest BCUT2D eigenvalue weighted by Gasteiger charge is -2.26. The lowest BCUT2D eigenvalue weighted by atomic mass is 9.90. The van der Waals surface area contributed by atoms with Gasteiger partial charge in [0.05, 0.1) is 0 Å². The Morgan fingerprint density at radius 1 is 0.197 bits per heavy atom. The summed E-state index contributed by atoms with van der Waals surface area (Å²) >= 11 is 0. The van der Waals surface area contributed by atoms with Gasteiger partial charge in [-0.05, 0) is 143 Å². The van der Waals surface area contributed by atoms with Gasteiger partial charge < -0.3 is 4.90 Å². The second kappa shape index (κ2) is 15.6. The molecule has 0 aromatic heterocycles. The van der Waals surface area contributed by atoms with E-state index >= 15 is 0 Å². The van der Waals surface area contributed by atoms with Crippen molar-refractivity contribution in [3.05, 3.63) is 249 Å². The van der Waals surface area contributed by atoms with E-state index < -0.39 is 0 Å². The van der Waals surface area contributed by atoms with Gasteiger partial charge in [-0.1, -0.05) is 194 Å². The van der Waals surface area contributed by atoms with Crippen LogP contribution in [-0.2, 0) is 0 Å². The third kappa shape index (κ3) is 7.03. The van der Waals surface area contributed by atoms with Crippen molar-refractivity contribution in [3.8, 4) is 55.6 Å². The first kappa shape index (κ1) is 36.1. The highest BCUT2D eigenvalue weighted by molar-refractivity contribution is 5.97. The topological polar surface area (TPSA) is 3.24 Å². The van der Waals surface area contributed by atoms with Crippen LogP contribution in [-0.4, -0.2) is 0 Å². The summed E-state index contributed by atoms with van der Waals surface area (Å²) in [5.41, 5.74) is 15.3. The molecule has 61 heavy (non-hydrogen) atoms. The van der Waals surface area contributed by atoms with E-state index in [1.165, 1.54) is 88.0 Å². The van der Waals surface area contributed by atoms with E-state index in [1.807, 2.05) is 0 Å². The molecule has 1 nitrogen and oxygen atoms in total. The van der Waals surface area contributed by atoms with Gasteiger partial charge in [0.1, 0.15) is 0 Å². The van der Waals surface area contributed by atoms with Crippen molar-refractivity contribution in [2.24, 2.45) is 0 Å². The smallest absolute Gasteiger partial charge is 0.0462 e. The maximum absolute atomic E-state index is 2.37. The maximum atomic E-state index is 2.37. The largest absolute Gasteiger partial charge is 0.311 e. The van der Waals surface area contributed by atoms with Gasteiger partial charge in [-0.15, -0.1) is 0 Å². The standard InChI is InChI=1S/C60H41N/c1-2-13-45(14-3-1)59-38-31-53(52-24-22-43-12-5-7-17-50(43)40-52)41-60(59)48-29-36-56(37-30-48)61(54-32-25-44(26-33-54)51-23-21-42-11-4-6-16-49(42)39-51)55-34-27-47(28-35-55)58-20-10-18-46-15-8-9-19-57(46)58/h1-41H. The van der Waals surface area contributed by atoms with E-state index in [4.69, 9.17) is 0 Å². The zero-order valence-corrected chi connectivity index (χ0v) is 33.6. The first-order valence-electron chi connectivity index (χ1n) is 21.0. The quantitative estimate of drug-likeness (QED) is 0.149. The summed E-state index contributed by atoms with van der Waals surface area (Å²) < 4.78 is 0. The molecule has 11 aromatic carbocycles. The van der Waals surface area contributed by atoms with Gasteiger partial charge >= 0.3 is 0 Å². The van der Waals surface area contributed by atoms with E-state index in [0.717, 1.165) is 17.1 Å². The Morgan fingerprint density at radius 2 is 0.607 bits per heavy atom. The van der Waals surface area contributed by atoms with Crippen LogP contribution in [0, 0.1) is 0 Å². The summed E-state index contributed by atoms with van der Waals surface area (Å²) in [5.74, 6) is 0. The summed E-state index contributed by atoms with van der Waals surface area (Å²) in [6.07, 6.45) is 0. The maximum Gasteiger partial charge on any atom is 0.0462 e. The Balaban J connectivity index is 0.998. The molecule has 0 unspecified atom stereocenters. The minimum absolute atomic E-state index is 1.09. The fraction of sp³-hybridized carbons (Fsp3) is 0. The molecule has 0 atom stereocenters. The van der Waals surface area contributed by atoms with Crippen LogP contribution in [0.5, 0.6) is 0 Å². The van der Waals surface area contributed by atoms with Gasteiger partial charge in [0, 0.05) is 17.1 Å². The number of anilines is 3. The van der Waals surface area contributed by atoms with Gasteiger partial charge in [0.2, 0.25) is 0 Å². The van der Waals surface area contributed by atoms with Crippen molar-refractivity contribution < 1.29 is 0 Å². The Morgan fingerprint density at radius 3 is 1.21 bits per heavy atom. The van der Waals surface area contributed by atoms with Crippen molar-refractivity contribution in [3.63, 3.8) is 0 Å². The van der Waals surface area contributed by atoms with Gasteiger partial charge in [0.15, 0.2) is 0 Å². The minimum Gasteiger partial charge on any atom is -0.311 e. The van der Waals surface area contributed by atoms with Crippen molar-refractivity contribution in [1.29, 1.82) is 0 Å². The van der Waals surface area contributed by atoms with Crippen LogP contribution >= 0.6 is 0 Å². The third-order valence-electron chi connectivity index (χ3n) is 12.1. The van der Waals surface area contributed by atoms with E-state index in [-0.39, 0.29) is 0 Å². The molecule has 0 fully saturated rings. The number of fused-ring (bicyclic) bond motifs is 3. The second-order valence-corrected chi connectivity index (χ2v) is 15.8. The second-order valence-electron chi connectivity index (χ2n) is 15.8. The molecule has 0 saturated heterocycles. The number of benzene rings is 11. The lowest BCUT2D eigenvalue weighted by molar-refractivity contribution is 1.28. The summed E-state index contributed by atoms with van der Waals surface area (Å²) in [5, 5.41) is 7.49. The molecule has 11 rings (SSSR count). The molecule has 0 amide bonds.